The van der Waals surface area contributed by atoms with Gasteiger partial charge in [0.15, 0.2) is 0 Å². The van der Waals surface area contributed by atoms with Crippen molar-refractivity contribution < 1.29 is 4.79 Å². The highest BCUT2D eigenvalue weighted by Gasteiger charge is 2.17. The molecule has 1 aliphatic heterocycles. The van der Waals surface area contributed by atoms with Gasteiger partial charge in [-0.15, -0.1) is 0 Å². The molecule has 0 radical (unpaired) electrons. The number of carbonyl (C=O) groups is 1. The fourth-order valence-corrected chi connectivity index (χ4v) is 1.95. The maximum absolute atomic E-state index is 11.5. The molecule has 1 fully saturated rings. The van der Waals surface area contributed by atoms with Gasteiger partial charge >= 0.3 is 0 Å². The van der Waals surface area contributed by atoms with Gasteiger partial charge in [-0.1, -0.05) is 0 Å². The Labute approximate surface area is 95.5 Å². The Bertz CT molecular complexity index is 355. The number of nitrogens with one attached hydrogen (secondary N) is 2. The van der Waals surface area contributed by atoms with Crippen LogP contribution >= 0.6 is 0 Å². The van der Waals surface area contributed by atoms with Crippen LogP contribution in [0.3, 0.4) is 0 Å². The third kappa shape index (κ3) is 2.39. The van der Waals surface area contributed by atoms with Gasteiger partial charge in [0.2, 0.25) is 0 Å². The molecule has 0 aliphatic carbocycles. The van der Waals surface area contributed by atoms with E-state index in [9.17, 15) is 4.79 Å². The lowest BCUT2D eigenvalue weighted by atomic mass is 10.1. The Morgan fingerprint density at radius 2 is 2.50 bits per heavy atom. The standard InChI is InChI=1S/C12H17N3O/c1-2-13-12(16)9-5-6-11(15-8-9)10-4-3-7-14-10/h5-6,8,10,14H,2-4,7H2,1H3,(H,13,16). The van der Waals surface area contributed by atoms with E-state index in [1.165, 1.54) is 6.42 Å². The van der Waals surface area contributed by atoms with Crippen molar-refractivity contribution in [3.05, 3.63) is 29.6 Å². The van der Waals surface area contributed by atoms with Crippen LogP contribution < -0.4 is 10.6 Å². The van der Waals surface area contributed by atoms with Crippen molar-refractivity contribution in [3.63, 3.8) is 0 Å². The van der Waals surface area contributed by atoms with E-state index in [1.54, 1.807) is 6.20 Å². The summed E-state index contributed by atoms with van der Waals surface area (Å²) in [4.78, 5) is 15.9. The van der Waals surface area contributed by atoms with Crippen molar-refractivity contribution in [1.29, 1.82) is 0 Å². The fourth-order valence-electron chi connectivity index (χ4n) is 1.95. The SMILES string of the molecule is CCNC(=O)c1ccc(C2CCCN2)nc1. The molecule has 4 nitrogen and oxygen atoms in total. The summed E-state index contributed by atoms with van der Waals surface area (Å²) in [6.07, 6.45) is 3.98. The fraction of sp³-hybridized carbons (Fsp3) is 0.500. The van der Waals surface area contributed by atoms with E-state index in [-0.39, 0.29) is 5.91 Å². The molecular weight excluding hydrogens is 202 g/mol. The van der Waals surface area contributed by atoms with E-state index < -0.39 is 0 Å². The zero-order chi connectivity index (χ0) is 11.4. The molecule has 1 saturated heterocycles. The lowest BCUT2D eigenvalue weighted by Gasteiger charge is -2.09. The first kappa shape index (κ1) is 11.1. The number of aromatic nitrogens is 1. The quantitative estimate of drug-likeness (QED) is 0.804. The lowest BCUT2D eigenvalue weighted by molar-refractivity contribution is 0.0955. The minimum Gasteiger partial charge on any atom is -0.352 e. The highest BCUT2D eigenvalue weighted by atomic mass is 16.1. The van der Waals surface area contributed by atoms with Gasteiger partial charge in [0.25, 0.3) is 5.91 Å². The minimum absolute atomic E-state index is 0.0547. The van der Waals surface area contributed by atoms with Crippen molar-refractivity contribution in [2.75, 3.05) is 13.1 Å². The first-order chi connectivity index (χ1) is 7.81. The first-order valence-corrected chi connectivity index (χ1v) is 5.79. The molecule has 1 aromatic rings. The van der Waals surface area contributed by atoms with Gasteiger partial charge in [-0.25, -0.2) is 0 Å². The molecule has 1 aliphatic rings. The second-order valence-corrected chi connectivity index (χ2v) is 3.98. The van der Waals surface area contributed by atoms with Gasteiger partial charge in [-0.3, -0.25) is 9.78 Å². The van der Waals surface area contributed by atoms with E-state index in [4.69, 9.17) is 0 Å². The van der Waals surface area contributed by atoms with Crippen LogP contribution in [-0.2, 0) is 0 Å². The largest absolute Gasteiger partial charge is 0.352 e. The zero-order valence-corrected chi connectivity index (χ0v) is 9.49. The molecule has 1 unspecified atom stereocenters. The summed E-state index contributed by atoms with van der Waals surface area (Å²) in [7, 11) is 0. The van der Waals surface area contributed by atoms with Crippen LogP contribution in [0.2, 0.25) is 0 Å². The summed E-state index contributed by atoms with van der Waals surface area (Å²) in [5.41, 5.74) is 1.66. The third-order valence-corrected chi connectivity index (χ3v) is 2.80. The van der Waals surface area contributed by atoms with Gasteiger partial charge in [0, 0.05) is 18.8 Å². The molecule has 2 rings (SSSR count). The Kier molecular flexibility index (Phi) is 3.51. The lowest BCUT2D eigenvalue weighted by Crippen LogP contribution is -2.23. The van der Waals surface area contributed by atoms with Crippen LogP contribution in [0.5, 0.6) is 0 Å². The highest BCUT2D eigenvalue weighted by molar-refractivity contribution is 5.93. The second-order valence-electron chi connectivity index (χ2n) is 3.98. The van der Waals surface area contributed by atoms with Crippen LogP contribution in [0.15, 0.2) is 18.3 Å². The van der Waals surface area contributed by atoms with E-state index in [1.807, 2.05) is 19.1 Å². The maximum Gasteiger partial charge on any atom is 0.252 e. The number of pyridine rings is 1. The number of carbonyl (C=O) groups excluding carboxylic acids is 1. The number of rotatable bonds is 3. The molecule has 1 atom stereocenters. The molecule has 0 spiro atoms. The Hall–Kier alpha value is -1.42. The Balaban J connectivity index is 2.06. The van der Waals surface area contributed by atoms with Crippen LogP contribution in [0.1, 0.15) is 41.9 Å². The topological polar surface area (TPSA) is 54.0 Å². The van der Waals surface area contributed by atoms with Gasteiger partial charge in [0.1, 0.15) is 0 Å². The smallest absolute Gasteiger partial charge is 0.252 e. The molecule has 0 saturated carbocycles. The molecule has 1 aromatic heterocycles. The van der Waals surface area contributed by atoms with Gasteiger partial charge in [0.05, 0.1) is 11.3 Å². The summed E-state index contributed by atoms with van der Waals surface area (Å²) in [6.45, 7) is 3.61. The summed E-state index contributed by atoms with van der Waals surface area (Å²) < 4.78 is 0. The van der Waals surface area contributed by atoms with Gasteiger partial charge < -0.3 is 10.6 Å². The number of amides is 1. The first-order valence-electron chi connectivity index (χ1n) is 5.79. The van der Waals surface area contributed by atoms with E-state index in [2.05, 4.69) is 15.6 Å². The Morgan fingerprint density at radius 1 is 1.62 bits per heavy atom. The van der Waals surface area contributed by atoms with Gasteiger partial charge in [-0.05, 0) is 38.4 Å². The normalized spacial score (nSPS) is 19.7. The van der Waals surface area contributed by atoms with Crippen LogP contribution in [0.25, 0.3) is 0 Å². The second kappa shape index (κ2) is 5.07. The monoisotopic (exact) mass is 219 g/mol. The molecule has 0 bridgehead atoms. The van der Waals surface area contributed by atoms with Crippen molar-refractivity contribution in [2.45, 2.75) is 25.8 Å². The van der Waals surface area contributed by atoms with Crippen molar-refractivity contribution in [2.24, 2.45) is 0 Å². The van der Waals surface area contributed by atoms with Crippen LogP contribution in [0.4, 0.5) is 0 Å². The highest BCUT2D eigenvalue weighted by Crippen LogP contribution is 2.20. The number of hydrogen-bond acceptors (Lipinski definition) is 3. The average Bonchev–Trinajstić information content (AvgIpc) is 2.83. The van der Waals surface area contributed by atoms with E-state index >= 15 is 0 Å². The summed E-state index contributed by atoms with van der Waals surface area (Å²) in [5, 5.41) is 6.14. The molecular formula is C12H17N3O. The van der Waals surface area contributed by atoms with Crippen LogP contribution in [-0.4, -0.2) is 24.0 Å². The summed E-state index contributed by atoms with van der Waals surface area (Å²) in [5.74, 6) is -0.0547. The number of hydrogen-bond donors (Lipinski definition) is 2. The third-order valence-electron chi connectivity index (χ3n) is 2.80. The predicted octanol–water partition coefficient (Wildman–Crippen LogP) is 1.26. The minimum atomic E-state index is -0.0547. The van der Waals surface area contributed by atoms with Crippen molar-refractivity contribution in [3.8, 4) is 0 Å². The molecule has 0 aromatic carbocycles. The van der Waals surface area contributed by atoms with Crippen molar-refractivity contribution in [1.82, 2.24) is 15.6 Å². The summed E-state index contributed by atoms with van der Waals surface area (Å²) >= 11 is 0. The molecule has 1 amide bonds. The van der Waals surface area contributed by atoms with Crippen LogP contribution in [0, 0.1) is 0 Å². The average molecular weight is 219 g/mol. The molecule has 16 heavy (non-hydrogen) atoms. The van der Waals surface area contributed by atoms with Crippen molar-refractivity contribution >= 4 is 5.91 Å². The van der Waals surface area contributed by atoms with Gasteiger partial charge in [-0.2, -0.15) is 0 Å². The molecule has 86 valence electrons. The predicted molar refractivity (Wildman–Crippen MR) is 62.2 cm³/mol. The Morgan fingerprint density at radius 3 is 3.06 bits per heavy atom. The maximum atomic E-state index is 11.5. The zero-order valence-electron chi connectivity index (χ0n) is 9.49. The summed E-state index contributed by atoms with van der Waals surface area (Å²) in [6, 6.07) is 4.14. The molecule has 2 heterocycles. The van der Waals surface area contributed by atoms with E-state index in [0.717, 1.165) is 18.7 Å². The molecule has 4 heteroatoms. The number of nitrogens with zero attached hydrogens (tertiary/aromatic N) is 1. The molecule has 2 N–H and O–H groups in total. The van der Waals surface area contributed by atoms with E-state index in [0.29, 0.717) is 18.2 Å².